The average Bonchev–Trinajstić information content (AvgIpc) is 2.29. The highest BCUT2D eigenvalue weighted by molar-refractivity contribution is 9.10. The van der Waals surface area contributed by atoms with Gasteiger partial charge >= 0.3 is 0 Å². The van der Waals surface area contributed by atoms with Crippen LogP contribution in [0.4, 0.5) is 0 Å². The summed E-state index contributed by atoms with van der Waals surface area (Å²) in [6.07, 6.45) is 0. The fraction of sp³-hybridized carbons (Fsp3) is 0.571. The second kappa shape index (κ2) is 5.19. The van der Waals surface area contributed by atoms with Crippen molar-refractivity contribution in [2.24, 2.45) is 0 Å². The van der Waals surface area contributed by atoms with Crippen LogP contribution >= 0.6 is 15.9 Å². The van der Waals surface area contributed by atoms with Crippen molar-refractivity contribution in [1.82, 2.24) is 0 Å². The molecule has 1 aromatic carbocycles. The summed E-state index contributed by atoms with van der Waals surface area (Å²) >= 11 is 3.38. The van der Waals surface area contributed by atoms with Crippen molar-refractivity contribution in [2.45, 2.75) is 38.9 Å². The molecule has 3 nitrogen and oxygen atoms in total. The highest BCUT2D eigenvalue weighted by Crippen LogP contribution is 2.40. The van der Waals surface area contributed by atoms with E-state index in [1.54, 1.807) is 14.2 Å². The molecule has 0 amide bonds. The third-order valence-electron chi connectivity index (χ3n) is 3.17. The van der Waals surface area contributed by atoms with Gasteiger partial charge in [-0.3, -0.25) is 0 Å². The molecule has 0 saturated carbocycles. The molecule has 4 heteroatoms. The lowest BCUT2D eigenvalue weighted by Gasteiger charge is -2.30. The summed E-state index contributed by atoms with van der Waals surface area (Å²) in [7, 11) is 3.20. The summed E-state index contributed by atoms with van der Waals surface area (Å²) in [4.78, 5) is 0. The van der Waals surface area contributed by atoms with Crippen LogP contribution in [0.5, 0.6) is 5.75 Å². The van der Waals surface area contributed by atoms with Gasteiger partial charge in [-0.2, -0.15) is 0 Å². The average molecular weight is 317 g/mol. The minimum atomic E-state index is -0.823. The van der Waals surface area contributed by atoms with E-state index in [-0.39, 0.29) is 11.2 Å². The van der Waals surface area contributed by atoms with E-state index in [1.165, 1.54) is 0 Å². The Morgan fingerprint density at radius 1 is 1.06 bits per heavy atom. The lowest BCUT2D eigenvalue weighted by molar-refractivity contribution is -0.201. The molecule has 0 aliphatic rings. The van der Waals surface area contributed by atoms with Crippen molar-refractivity contribution in [3.8, 4) is 5.75 Å². The van der Waals surface area contributed by atoms with Crippen LogP contribution in [-0.4, -0.2) is 19.3 Å². The molecule has 1 N–H and O–H groups in total. The molecule has 0 aromatic heterocycles. The second-order valence-electron chi connectivity index (χ2n) is 5.46. The van der Waals surface area contributed by atoms with Crippen molar-refractivity contribution >= 4 is 15.9 Å². The zero-order chi connectivity index (χ0) is 14.1. The maximum atomic E-state index is 10.1. The zero-order valence-corrected chi connectivity index (χ0v) is 13.4. The predicted octanol–water partition coefficient (Wildman–Crippen LogP) is 3.92. The van der Waals surface area contributed by atoms with Crippen LogP contribution in [-0.2, 0) is 20.7 Å². The highest BCUT2D eigenvalue weighted by Gasteiger charge is 2.30. The molecule has 0 aliphatic carbocycles. The number of methoxy groups -OCH3 is 2. The van der Waals surface area contributed by atoms with Crippen molar-refractivity contribution < 1.29 is 14.6 Å². The second-order valence-corrected chi connectivity index (χ2v) is 6.31. The van der Waals surface area contributed by atoms with Crippen molar-refractivity contribution in [2.75, 3.05) is 14.2 Å². The largest absolute Gasteiger partial charge is 0.506 e. The molecule has 0 fully saturated rings. The van der Waals surface area contributed by atoms with E-state index in [1.807, 2.05) is 19.1 Å². The Labute approximate surface area is 117 Å². The molecule has 1 aromatic rings. The molecule has 0 aliphatic heterocycles. The number of phenols is 1. The number of aromatic hydroxyl groups is 1. The summed E-state index contributed by atoms with van der Waals surface area (Å²) in [6.45, 7) is 8.00. The Hall–Kier alpha value is -0.580. The van der Waals surface area contributed by atoms with E-state index in [9.17, 15) is 5.11 Å². The molecule has 0 spiro atoms. The summed E-state index contributed by atoms with van der Waals surface area (Å²) < 4.78 is 11.5. The third kappa shape index (κ3) is 2.87. The number of hydrogen-bond acceptors (Lipinski definition) is 3. The summed E-state index contributed by atoms with van der Waals surface area (Å²) in [5, 5.41) is 10.1. The monoisotopic (exact) mass is 316 g/mol. The smallest absolute Gasteiger partial charge is 0.191 e. The summed E-state index contributed by atoms with van der Waals surface area (Å²) in [6, 6.07) is 3.74. The van der Waals surface area contributed by atoms with E-state index >= 15 is 0 Å². The van der Waals surface area contributed by atoms with Gasteiger partial charge in [0.1, 0.15) is 5.75 Å². The Balaban J connectivity index is 3.47. The van der Waals surface area contributed by atoms with Crippen LogP contribution in [0, 0.1) is 0 Å². The van der Waals surface area contributed by atoms with Gasteiger partial charge in [-0.25, -0.2) is 0 Å². The van der Waals surface area contributed by atoms with Gasteiger partial charge in [0.2, 0.25) is 0 Å². The van der Waals surface area contributed by atoms with Crippen molar-refractivity contribution in [1.29, 1.82) is 0 Å². The molecule has 0 unspecified atom stereocenters. The van der Waals surface area contributed by atoms with E-state index < -0.39 is 5.79 Å². The molecule has 1 rings (SSSR count). The van der Waals surface area contributed by atoms with Crippen molar-refractivity contribution in [3.63, 3.8) is 0 Å². The number of phenolic OH excluding ortho intramolecular Hbond substituents is 1. The van der Waals surface area contributed by atoms with Gasteiger partial charge in [0.15, 0.2) is 5.79 Å². The number of benzene rings is 1. The van der Waals surface area contributed by atoms with Crippen LogP contribution in [0.1, 0.15) is 38.8 Å². The Morgan fingerprint density at radius 2 is 1.56 bits per heavy atom. The number of hydrogen-bond donors (Lipinski definition) is 1. The van der Waals surface area contributed by atoms with Crippen molar-refractivity contribution in [3.05, 3.63) is 27.7 Å². The molecule has 0 heterocycles. The van der Waals surface area contributed by atoms with Crippen LogP contribution in [0.2, 0.25) is 0 Å². The Kier molecular flexibility index (Phi) is 4.47. The molecule has 102 valence electrons. The Bertz CT molecular complexity index is 431. The van der Waals surface area contributed by atoms with Gasteiger partial charge in [0, 0.05) is 25.3 Å². The number of halogens is 1. The lowest BCUT2D eigenvalue weighted by Crippen LogP contribution is -2.27. The summed E-state index contributed by atoms with van der Waals surface area (Å²) in [5.74, 6) is -0.559. The predicted molar refractivity (Wildman–Crippen MR) is 75.9 cm³/mol. The maximum Gasteiger partial charge on any atom is 0.191 e. The van der Waals surface area contributed by atoms with E-state index in [0.29, 0.717) is 4.47 Å². The first-order chi connectivity index (χ1) is 8.15. The first-order valence-corrected chi connectivity index (χ1v) is 6.59. The number of rotatable bonds is 3. The quantitative estimate of drug-likeness (QED) is 0.859. The van der Waals surface area contributed by atoms with Crippen LogP contribution in [0.15, 0.2) is 16.6 Å². The molecule has 0 bridgehead atoms. The van der Waals surface area contributed by atoms with Gasteiger partial charge in [0.25, 0.3) is 0 Å². The standard InChI is InChI=1S/C14H21BrO3/c1-13(2,3)10-7-9(8-11(15)12(10)16)14(4,17-5)18-6/h7-8,16H,1-6H3. The zero-order valence-electron chi connectivity index (χ0n) is 11.8. The van der Waals surface area contributed by atoms with Crippen LogP contribution < -0.4 is 0 Å². The van der Waals surface area contributed by atoms with E-state index in [2.05, 4.69) is 36.7 Å². The third-order valence-corrected chi connectivity index (χ3v) is 3.78. The van der Waals surface area contributed by atoms with Gasteiger partial charge in [-0.05, 0) is 40.4 Å². The highest BCUT2D eigenvalue weighted by atomic mass is 79.9. The number of ether oxygens (including phenoxy) is 2. The molecule has 0 saturated heterocycles. The first-order valence-electron chi connectivity index (χ1n) is 5.79. The molecule has 0 radical (unpaired) electrons. The minimum absolute atomic E-state index is 0.162. The summed E-state index contributed by atoms with van der Waals surface area (Å²) in [5.41, 5.74) is 1.56. The van der Waals surface area contributed by atoms with E-state index in [0.717, 1.165) is 11.1 Å². The topological polar surface area (TPSA) is 38.7 Å². The fourth-order valence-electron chi connectivity index (χ4n) is 1.75. The van der Waals surface area contributed by atoms with Gasteiger partial charge in [0.05, 0.1) is 4.47 Å². The van der Waals surface area contributed by atoms with E-state index in [4.69, 9.17) is 9.47 Å². The molecular formula is C14H21BrO3. The van der Waals surface area contributed by atoms with Gasteiger partial charge < -0.3 is 14.6 Å². The Morgan fingerprint density at radius 3 is 1.94 bits per heavy atom. The van der Waals surface area contributed by atoms with Gasteiger partial charge in [-0.15, -0.1) is 0 Å². The molecule has 0 atom stereocenters. The normalized spacial score (nSPS) is 12.8. The molecular weight excluding hydrogens is 296 g/mol. The fourth-order valence-corrected chi connectivity index (χ4v) is 2.21. The first kappa shape index (κ1) is 15.5. The van der Waals surface area contributed by atoms with Gasteiger partial charge in [-0.1, -0.05) is 20.8 Å². The minimum Gasteiger partial charge on any atom is -0.506 e. The van der Waals surface area contributed by atoms with Crippen LogP contribution in [0.3, 0.4) is 0 Å². The lowest BCUT2D eigenvalue weighted by atomic mass is 9.84. The SMILES string of the molecule is COC(C)(OC)c1cc(Br)c(O)c(C(C)(C)C)c1. The molecule has 18 heavy (non-hydrogen) atoms. The van der Waals surface area contributed by atoms with Crippen LogP contribution in [0.25, 0.3) is 0 Å². The maximum absolute atomic E-state index is 10.1.